The molecule has 0 aliphatic carbocycles. The molecule has 0 aromatic carbocycles. The standard InChI is InChI=1S/C20H26N6O4/c1-15-19(20(28)23-16-5-3-4-6-21-16)24-17(13-22-15)25-7-9-26(10-8-25)18(27)14-30-12-11-29-2/h3-6,13H,7-12,14H2,1-2H3,(H,21,23,28). The molecule has 0 radical (unpaired) electrons. The van der Waals surface area contributed by atoms with Crippen LogP contribution in [0.1, 0.15) is 16.2 Å². The zero-order valence-corrected chi connectivity index (χ0v) is 17.2. The SMILES string of the molecule is COCCOCC(=O)N1CCN(c2cnc(C)c(C(=O)Nc3ccccn3)n2)CC1. The van der Waals surface area contributed by atoms with Gasteiger partial charge in [0.1, 0.15) is 18.2 Å². The van der Waals surface area contributed by atoms with Crippen LogP contribution in [0.25, 0.3) is 0 Å². The molecular formula is C20H26N6O4. The summed E-state index contributed by atoms with van der Waals surface area (Å²) < 4.78 is 10.2. The van der Waals surface area contributed by atoms with Crippen LogP contribution in [0.2, 0.25) is 0 Å². The van der Waals surface area contributed by atoms with Gasteiger partial charge in [-0.3, -0.25) is 14.6 Å². The van der Waals surface area contributed by atoms with Crippen molar-refractivity contribution in [3.05, 3.63) is 42.0 Å². The topological polar surface area (TPSA) is 110 Å². The predicted octanol–water partition coefficient (Wildman–Crippen LogP) is 0.744. The number of aromatic nitrogens is 3. The summed E-state index contributed by atoms with van der Waals surface area (Å²) in [6.45, 7) is 4.95. The van der Waals surface area contributed by atoms with Gasteiger partial charge < -0.3 is 24.6 Å². The van der Waals surface area contributed by atoms with Crippen molar-refractivity contribution in [1.82, 2.24) is 19.9 Å². The number of anilines is 2. The van der Waals surface area contributed by atoms with E-state index >= 15 is 0 Å². The van der Waals surface area contributed by atoms with E-state index < -0.39 is 0 Å². The maximum atomic E-state index is 12.6. The maximum absolute atomic E-state index is 12.6. The lowest BCUT2D eigenvalue weighted by atomic mass is 10.2. The fourth-order valence-electron chi connectivity index (χ4n) is 3.00. The molecule has 1 fully saturated rings. The van der Waals surface area contributed by atoms with Crippen LogP contribution in [-0.4, -0.2) is 84.8 Å². The summed E-state index contributed by atoms with van der Waals surface area (Å²) in [5, 5.41) is 2.73. The molecule has 0 unspecified atom stereocenters. The Bertz CT molecular complexity index is 856. The summed E-state index contributed by atoms with van der Waals surface area (Å²) >= 11 is 0. The molecule has 0 atom stereocenters. The van der Waals surface area contributed by atoms with Gasteiger partial charge in [0.15, 0.2) is 5.69 Å². The van der Waals surface area contributed by atoms with Crippen LogP contribution in [0, 0.1) is 6.92 Å². The van der Waals surface area contributed by atoms with Crippen LogP contribution in [0.5, 0.6) is 0 Å². The molecule has 0 bridgehead atoms. The second kappa shape index (κ2) is 10.6. The van der Waals surface area contributed by atoms with Gasteiger partial charge in [-0.25, -0.2) is 9.97 Å². The number of hydrogen-bond donors (Lipinski definition) is 1. The Labute approximate surface area is 175 Å². The molecule has 2 amide bonds. The first-order chi connectivity index (χ1) is 14.6. The number of pyridine rings is 1. The van der Waals surface area contributed by atoms with Crippen LogP contribution in [0.3, 0.4) is 0 Å². The van der Waals surface area contributed by atoms with Crippen molar-refractivity contribution in [3.8, 4) is 0 Å². The smallest absolute Gasteiger partial charge is 0.277 e. The number of rotatable bonds is 8. The van der Waals surface area contributed by atoms with Crippen molar-refractivity contribution >= 4 is 23.5 Å². The summed E-state index contributed by atoms with van der Waals surface area (Å²) in [6, 6.07) is 5.28. The number of carbonyl (C=O) groups is 2. The molecule has 30 heavy (non-hydrogen) atoms. The minimum Gasteiger partial charge on any atom is -0.382 e. The second-order valence-corrected chi connectivity index (χ2v) is 6.74. The van der Waals surface area contributed by atoms with Gasteiger partial charge in [-0.05, 0) is 19.1 Å². The minimum absolute atomic E-state index is 0.0452. The van der Waals surface area contributed by atoms with E-state index in [1.54, 1.807) is 49.5 Å². The van der Waals surface area contributed by atoms with Gasteiger partial charge in [0.2, 0.25) is 5.91 Å². The number of carbonyl (C=O) groups excluding carboxylic acids is 2. The summed E-state index contributed by atoms with van der Waals surface area (Å²) in [5.74, 6) is 0.655. The van der Waals surface area contributed by atoms with E-state index in [-0.39, 0.29) is 24.1 Å². The largest absolute Gasteiger partial charge is 0.382 e. The average molecular weight is 414 g/mol. The fraction of sp³-hybridized carbons (Fsp3) is 0.450. The quantitative estimate of drug-likeness (QED) is 0.630. The van der Waals surface area contributed by atoms with Gasteiger partial charge in [-0.1, -0.05) is 6.07 Å². The van der Waals surface area contributed by atoms with Gasteiger partial charge in [0.25, 0.3) is 5.91 Å². The molecule has 1 saturated heterocycles. The number of amides is 2. The van der Waals surface area contributed by atoms with Crippen molar-refractivity contribution in [2.75, 3.05) is 63.3 Å². The highest BCUT2D eigenvalue weighted by Gasteiger charge is 2.23. The second-order valence-electron chi connectivity index (χ2n) is 6.74. The Kier molecular flexibility index (Phi) is 7.63. The molecule has 2 aromatic heterocycles. The van der Waals surface area contributed by atoms with Gasteiger partial charge in [0.05, 0.1) is 25.1 Å². The van der Waals surface area contributed by atoms with E-state index in [1.165, 1.54) is 0 Å². The van der Waals surface area contributed by atoms with E-state index in [9.17, 15) is 9.59 Å². The Morgan fingerprint density at radius 1 is 1.13 bits per heavy atom. The minimum atomic E-state index is -0.359. The third-order valence-electron chi connectivity index (χ3n) is 4.68. The highest BCUT2D eigenvalue weighted by Crippen LogP contribution is 2.16. The molecule has 0 spiro atoms. The van der Waals surface area contributed by atoms with Crippen molar-refractivity contribution in [3.63, 3.8) is 0 Å². The van der Waals surface area contributed by atoms with E-state index in [0.717, 1.165) is 0 Å². The summed E-state index contributed by atoms with van der Waals surface area (Å²) in [6.07, 6.45) is 3.26. The first-order valence-electron chi connectivity index (χ1n) is 9.74. The normalized spacial score (nSPS) is 13.9. The van der Waals surface area contributed by atoms with Crippen molar-refractivity contribution in [1.29, 1.82) is 0 Å². The zero-order valence-electron chi connectivity index (χ0n) is 17.2. The highest BCUT2D eigenvalue weighted by atomic mass is 16.5. The first-order valence-corrected chi connectivity index (χ1v) is 9.74. The third kappa shape index (κ3) is 5.71. The number of nitrogens with zero attached hydrogens (tertiary/aromatic N) is 5. The van der Waals surface area contributed by atoms with Gasteiger partial charge >= 0.3 is 0 Å². The van der Waals surface area contributed by atoms with Gasteiger partial charge in [0, 0.05) is 39.5 Å². The van der Waals surface area contributed by atoms with Crippen molar-refractivity contribution in [2.45, 2.75) is 6.92 Å². The predicted molar refractivity (Wildman–Crippen MR) is 110 cm³/mol. The third-order valence-corrected chi connectivity index (χ3v) is 4.68. The van der Waals surface area contributed by atoms with Crippen molar-refractivity contribution in [2.24, 2.45) is 0 Å². The molecule has 3 rings (SSSR count). The molecule has 0 saturated carbocycles. The summed E-state index contributed by atoms with van der Waals surface area (Å²) in [7, 11) is 1.59. The van der Waals surface area contributed by atoms with Crippen LogP contribution >= 0.6 is 0 Å². The van der Waals surface area contributed by atoms with Gasteiger partial charge in [-0.2, -0.15) is 0 Å². The monoisotopic (exact) mass is 414 g/mol. The van der Waals surface area contributed by atoms with E-state index in [4.69, 9.17) is 9.47 Å². The maximum Gasteiger partial charge on any atom is 0.277 e. The Morgan fingerprint density at radius 3 is 2.63 bits per heavy atom. The lowest BCUT2D eigenvalue weighted by molar-refractivity contribution is -0.136. The molecule has 10 nitrogen and oxygen atoms in total. The lowest BCUT2D eigenvalue weighted by Gasteiger charge is -2.35. The van der Waals surface area contributed by atoms with E-state index in [2.05, 4.69) is 20.3 Å². The van der Waals surface area contributed by atoms with E-state index in [1.807, 2.05) is 4.90 Å². The highest BCUT2D eigenvalue weighted by molar-refractivity contribution is 6.03. The number of aryl methyl sites for hydroxylation is 1. The Balaban J connectivity index is 1.58. The molecular weight excluding hydrogens is 388 g/mol. The molecule has 1 aliphatic heterocycles. The Morgan fingerprint density at radius 2 is 1.93 bits per heavy atom. The molecule has 1 aliphatic rings. The molecule has 10 heteroatoms. The summed E-state index contributed by atoms with van der Waals surface area (Å²) in [4.78, 5) is 41.6. The number of ether oxygens (including phenoxy) is 2. The van der Waals surface area contributed by atoms with Crippen molar-refractivity contribution < 1.29 is 19.1 Å². The summed E-state index contributed by atoms with van der Waals surface area (Å²) in [5.41, 5.74) is 0.789. The first kappa shape index (κ1) is 21.6. The molecule has 2 aromatic rings. The number of methoxy groups -OCH3 is 1. The van der Waals surface area contributed by atoms with Crippen LogP contribution < -0.4 is 10.2 Å². The molecule has 160 valence electrons. The van der Waals surface area contributed by atoms with Crippen LogP contribution in [0.15, 0.2) is 30.6 Å². The van der Waals surface area contributed by atoms with E-state index in [0.29, 0.717) is 56.7 Å². The number of hydrogen-bond acceptors (Lipinski definition) is 8. The average Bonchev–Trinajstić information content (AvgIpc) is 2.77. The molecule has 3 heterocycles. The number of nitrogens with one attached hydrogen (secondary N) is 1. The fourth-order valence-corrected chi connectivity index (χ4v) is 3.00. The zero-order chi connectivity index (χ0) is 21.3. The number of piperazine rings is 1. The van der Waals surface area contributed by atoms with Gasteiger partial charge in [-0.15, -0.1) is 0 Å². The Hall–Kier alpha value is -3.11. The lowest BCUT2D eigenvalue weighted by Crippen LogP contribution is -2.50. The van der Waals surface area contributed by atoms with Crippen LogP contribution in [-0.2, 0) is 14.3 Å². The van der Waals surface area contributed by atoms with Crippen LogP contribution in [0.4, 0.5) is 11.6 Å². The molecule has 1 N–H and O–H groups in total.